The van der Waals surface area contributed by atoms with Crippen molar-refractivity contribution >= 4 is 34.3 Å². The molecule has 5 heteroatoms. The van der Waals surface area contributed by atoms with E-state index < -0.39 is 0 Å². The Balaban J connectivity index is 1.71. The summed E-state index contributed by atoms with van der Waals surface area (Å²) in [5, 5.41) is 3.15. The topological polar surface area (TPSA) is 35.6 Å². The first-order valence-electron chi connectivity index (χ1n) is 10.7. The quantitative estimate of drug-likeness (QED) is 0.470. The summed E-state index contributed by atoms with van der Waals surface area (Å²) in [6.07, 6.45) is 4.52. The summed E-state index contributed by atoms with van der Waals surface area (Å²) in [4.78, 5) is 17.9. The molecule has 0 spiro atoms. The fraction of sp³-hybridized carbons (Fsp3) is 0.458. The number of halogens is 1. The van der Waals surface area contributed by atoms with Crippen molar-refractivity contribution < 1.29 is 4.79 Å². The first-order valence-corrected chi connectivity index (χ1v) is 11.8. The maximum absolute atomic E-state index is 13.3. The minimum atomic E-state index is -0.00183. The van der Waals surface area contributed by atoms with Gasteiger partial charge in [-0.25, -0.2) is 4.79 Å². The number of hydrogen-bond acceptors (Lipinski definition) is 2. The van der Waals surface area contributed by atoms with Gasteiger partial charge in [-0.05, 0) is 66.5 Å². The second-order valence-corrected chi connectivity index (χ2v) is 9.09. The third-order valence-electron chi connectivity index (χ3n) is 5.84. The molecule has 2 aromatic carbocycles. The highest BCUT2D eigenvalue weighted by molar-refractivity contribution is 14.1. The normalized spacial score (nSPS) is 16.4. The van der Waals surface area contributed by atoms with E-state index >= 15 is 0 Å². The molecule has 2 amide bonds. The number of carbonyl (C=O) groups is 1. The second-order valence-electron chi connectivity index (χ2n) is 7.93. The average molecular weight is 505 g/mol. The van der Waals surface area contributed by atoms with E-state index in [0.29, 0.717) is 12.6 Å². The number of para-hydroxylation sites is 1. The molecule has 156 valence electrons. The Morgan fingerprint density at radius 2 is 1.79 bits per heavy atom. The highest BCUT2D eigenvalue weighted by atomic mass is 127. The lowest BCUT2D eigenvalue weighted by Crippen LogP contribution is -2.50. The van der Waals surface area contributed by atoms with Gasteiger partial charge in [-0.1, -0.05) is 55.8 Å². The van der Waals surface area contributed by atoms with E-state index in [1.165, 1.54) is 18.4 Å². The van der Waals surface area contributed by atoms with Gasteiger partial charge in [0.15, 0.2) is 0 Å². The van der Waals surface area contributed by atoms with Crippen LogP contribution < -0.4 is 5.32 Å². The largest absolute Gasteiger partial charge is 0.322 e. The Bertz CT molecular complexity index is 775. The van der Waals surface area contributed by atoms with Gasteiger partial charge in [-0.3, -0.25) is 0 Å². The summed E-state index contributed by atoms with van der Waals surface area (Å²) in [6.45, 7) is 7.35. The van der Waals surface area contributed by atoms with Gasteiger partial charge in [-0.2, -0.15) is 0 Å². The number of anilines is 1. The fourth-order valence-corrected chi connectivity index (χ4v) is 4.66. The van der Waals surface area contributed by atoms with Crippen molar-refractivity contribution in [3.05, 3.63) is 63.7 Å². The molecule has 1 N–H and O–H groups in total. The minimum Gasteiger partial charge on any atom is -0.317 e. The monoisotopic (exact) mass is 505 g/mol. The van der Waals surface area contributed by atoms with E-state index in [1.807, 2.05) is 47.4 Å². The molecular weight excluding hydrogens is 473 g/mol. The summed E-state index contributed by atoms with van der Waals surface area (Å²) in [7, 11) is 0. The van der Waals surface area contributed by atoms with Crippen molar-refractivity contribution in [2.24, 2.45) is 0 Å². The number of piperidine rings is 1. The van der Waals surface area contributed by atoms with Gasteiger partial charge in [0.2, 0.25) is 0 Å². The fourth-order valence-electron chi connectivity index (χ4n) is 4.14. The number of rotatable bonds is 7. The molecule has 1 atom stereocenters. The minimum absolute atomic E-state index is 0.00183. The lowest BCUT2D eigenvalue weighted by atomic mass is 10.00. The first-order chi connectivity index (χ1) is 14.1. The molecule has 29 heavy (non-hydrogen) atoms. The maximum Gasteiger partial charge on any atom is 0.322 e. The predicted molar refractivity (Wildman–Crippen MR) is 129 cm³/mol. The van der Waals surface area contributed by atoms with Crippen molar-refractivity contribution in [3.8, 4) is 0 Å². The predicted octanol–water partition coefficient (Wildman–Crippen LogP) is 5.98. The van der Waals surface area contributed by atoms with E-state index in [9.17, 15) is 4.79 Å². The zero-order valence-corrected chi connectivity index (χ0v) is 19.6. The number of hydrogen-bond donors (Lipinski definition) is 1. The van der Waals surface area contributed by atoms with Crippen molar-refractivity contribution in [2.45, 2.75) is 58.2 Å². The summed E-state index contributed by atoms with van der Waals surface area (Å²) < 4.78 is 1.06. The van der Waals surface area contributed by atoms with Crippen LogP contribution in [0.4, 0.5) is 10.5 Å². The van der Waals surface area contributed by atoms with Crippen LogP contribution in [0.3, 0.4) is 0 Å². The molecule has 1 heterocycles. The van der Waals surface area contributed by atoms with Crippen LogP contribution in [0.1, 0.15) is 45.1 Å². The van der Waals surface area contributed by atoms with Gasteiger partial charge in [0.25, 0.3) is 0 Å². The standard InChI is InChI=1S/C24H32IN3O/c1-3-9-19(2)27-16-14-21(15-17-27)28(18-20-10-5-4-6-11-20)24(29)26-23-13-8-7-12-22(23)25/h4-8,10-13,19,21H,3,9,14-18H2,1-2H3,(H,26,29). The van der Waals surface area contributed by atoms with Gasteiger partial charge in [0.1, 0.15) is 0 Å². The highest BCUT2D eigenvalue weighted by Gasteiger charge is 2.29. The molecule has 2 aromatic rings. The SMILES string of the molecule is CCCC(C)N1CCC(N(Cc2ccccc2)C(=O)Nc2ccccc2I)CC1. The van der Waals surface area contributed by atoms with E-state index in [2.05, 4.69) is 58.8 Å². The van der Waals surface area contributed by atoms with Gasteiger partial charge in [0, 0.05) is 35.3 Å². The zero-order chi connectivity index (χ0) is 20.6. The maximum atomic E-state index is 13.3. The number of nitrogens with one attached hydrogen (secondary N) is 1. The summed E-state index contributed by atoms with van der Waals surface area (Å²) in [5.74, 6) is 0. The van der Waals surface area contributed by atoms with Crippen LogP contribution in [0, 0.1) is 3.57 Å². The number of likely N-dealkylation sites (tertiary alicyclic amines) is 1. The van der Waals surface area contributed by atoms with Crippen molar-refractivity contribution in [1.82, 2.24) is 9.80 Å². The smallest absolute Gasteiger partial charge is 0.317 e. The highest BCUT2D eigenvalue weighted by Crippen LogP contribution is 2.24. The van der Waals surface area contributed by atoms with E-state index in [4.69, 9.17) is 0 Å². The molecule has 0 radical (unpaired) electrons. The van der Waals surface area contributed by atoms with E-state index in [0.717, 1.165) is 35.2 Å². The van der Waals surface area contributed by atoms with Crippen LogP contribution in [-0.2, 0) is 6.54 Å². The Morgan fingerprint density at radius 1 is 1.14 bits per heavy atom. The van der Waals surface area contributed by atoms with Gasteiger partial charge in [0.05, 0.1) is 5.69 Å². The van der Waals surface area contributed by atoms with Crippen LogP contribution in [-0.4, -0.2) is 41.0 Å². The summed E-state index contributed by atoms with van der Waals surface area (Å²) in [5.41, 5.74) is 2.05. The Hall–Kier alpha value is -1.60. The Morgan fingerprint density at radius 3 is 2.45 bits per heavy atom. The molecule has 0 aliphatic carbocycles. The van der Waals surface area contributed by atoms with Crippen LogP contribution in [0.5, 0.6) is 0 Å². The number of carbonyl (C=O) groups excluding carboxylic acids is 1. The number of amides is 2. The molecule has 0 saturated carbocycles. The van der Waals surface area contributed by atoms with Crippen molar-refractivity contribution in [3.63, 3.8) is 0 Å². The van der Waals surface area contributed by atoms with Crippen LogP contribution in [0.2, 0.25) is 0 Å². The molecule has 1 unspecified atom stereocenters. The third-order valence-corrected chi connectivity index (χ3v) is 6.78. The zero-order valence-electron chi connectivity index (χ0n) is 17.5. The van der Waals surface area contributed by atoms with Crippen molar-refractivity contribution in [1.29, 1.82) is 0 Å². The molecule has 0 bridgehead atoms. The molecule has 1 fully saturated rings. The van der Waals surface area contributed by atoms with Crippen molar-refractivity contribution in [2.75, 3.05) is 18.4 Å². The van der Waals surface area contributed by atoms with E-state index in [1.54, 1.807) is 0 Å². The van der Waals surface area contributed by atoms with Crippen LogP contribution in [0.25, 0.3) is 0 Å². The number of urea groups is 1. The molecule has 1 saturated heterocycles. The van der Waals surface area contributed by atoms with Gasteiger partial charge in [-0.15, -0.1) is 0 Å². The summed E-state index contributed by atoms with van der Waals surface area (Å²) >= 11 is 2.27. The molecular formula is C24H32IN3O. The Labute approximate surface area is 188 Å². The van der Waals surface area contributed by atoms with Gasteiger partial charge >= 0.3 is 6.03 Å². The van der Waals surface area contributed by atoms with Gasteiger partial charge < -0.3 is 15.1 Å². The van der Waals surface area contributed by atoms with Crippen LogP contribution in [0.15, 0.2) is 54.6 Å². The number of benzene rings is 2. The molecule has 3 rings (SSSR count). The second kappa shape index (κ2) is 11.0. The molecule has 0 aromatic heterocycles. The number of nitrogens with zero attached hydrogens (tertiary/aromatic N) is 2. The molecule has 1 aliphatic rings. The Kier molecular flexibility index (Phi) is 8.36. The third kappa shape index (κ3) is 6.19. The summed E-state index contributed by atoms with van der Waals surface area (Å²) in [6, 6.07) is 19.1. The van der Waals surface area contributed by atoms with Crippen LogP contribution >= 0.6 is 22.6 Å². The first kappa shape index (κ1) is 22.1. The average Bonchev–Trinajstić information content (AvgIpc) is 2.74. The van der Waals surface area contributed by atoms with E-state index in [-0.39, 0.29) is 12.1 Å². The molecule has 4 nitrogen and oxygen atoms in total. The lowest BCUT2D eigenvalue weighted by molar-refractivity contribution is 0.0989. The lowest BCUT2D eigenvalue weighted by Gasteiger charge is -2.40. The molecule has 1 aliphatic heterocycles.